The highest BCUT2D eigenvalue weighted by molar-refractivity contribution is 4.64. The highest BCUT2D eigenvalue weighted by atomic mass is 19.4. The molecule has 0 aromatic rings. The molecule has 0 aliphatic carbocycles. The van der Waals surface area contributed by atoms with Crippen LogP contribution in [0.15, 0.2) is 0 Å². The molecule has 74 valence electrons. The normalized spacial score (nSPS) is 13.5. The van der Waals surface area contributed by atoms with Crippen LogP contribution in [0.2, 0.25) is 0 Å². The highest BCUT2D eigenvalue weighted by Crippen LogP contribution is 2.27. The molecule has 0 amide bonds. The van der Waals surface area contributed by atoms with Gasteiger partial charge in [0.25, 0.3) is 0 Å². The minimum Gasteiger partial charge on any atom is -0.353 e. The summed E-state index contributed by atoms with van der Waals surface area (Å²) in [5, 5.41) is 0. The summed E-state index contributed by atoms with van der Waals surface area (Å²) >= 11 is 0. The zero-order valence-corrected chi connectivity index (χ0v) is 7.36. The van der Waals surface area contributed by atoms with Crippen LogP contribution in [0.1, 0.15) is 19.8 Å². The van der Waals surface area contributed by atoms with Gasteiger partial charge >= 0.3 is 6.18 Å². The van der Waals surface area contributed by atoms with Crippen LogP contribution in [-0.2, 0) is 9.47 Å². The lowest BCUT2D eigenvalue weighted by Gasteiger charge is -2.26. The minimum atomic E-state index is -4.15. The van der Waals surface area contributed by atoms with Crippen molar-refractivity contribution in [2.45, 2.75) is 31.7 Å². The summed E-state index contributed by atoms with van der Waals surface area (Å²) in [5.41, 5.74) is 0. The van der Waals surface area contributed by atoms with Gasteiger partial charge in [-0.2, -0.15) is 13.2 Å². The van der Waals surface area contributed by atoms with Crippen LogP contribution in [0.4, 0.5) is 13.2 Å². The third-order valence-electron chi connectivity index (χ3n) is 1.73. The molecule has 0 unspecified atom stereocenters. The van der Waals surface area contributed by atoms with Gasteiger partial charge in [-0.1, -0.05) is 0 Å². The molecule has 0 N–H and O–H groups in total. The maximum Gasteiger partial charge on any atom is 0.389 e. The van der Waals surface area contributed by atoms with Crippen molar-refractivity contribution in [1.29, 1.82) is 0 Å². The molecule has 12 heavy (non-hydrogen) atoms. The van der Waals surface area contributed by atoms with Crippen LogP contribution in [0.3, 0.4) is 0 Å². The molecule has 0 bridgehead atoms. The molecule has 0 radical (unpaired) electrons. The Hall–Kier alpha value is -0.290. The van der Waals surface area contributed by atoms with E-state index in [1.54, 1.807) is 0 Å². The van der Waals surface area contributed by atoms with Crippen molar-refractivity contribution in [3.8, 4) is 0 Å². The Kier molecular flexibility index (Phi) is 3.99. The second kappa shape index (κ2) is 4.09. The van der Waals surface area contributed by atoms with E-state index in [0.29, 0.717) is 0 Å². The predicted octanol–water partition coefficient (Wildman–Crippen LogP) is 2.34. The van der Waals surface area contributed by atoms with Gasteiger partial charge in [0.15, 0.2) is 5.79 Å². The maximum absolute atomic E-state index is 11.7. The lowest BCUT2D eigenvalue weighted by atomic mass is 10.1. The van der Waals surface area contributed by atoms with Crippen LogP contribution in [0, 0.1) is 0 Å². The zero-order chi connectivity index (χ0) is 9.83. The Balaban J connectivity index is 3.89. The monoisotopic (exact) mass is 186 g/mol. The van der Waals surface area contributed by atoms with Gasteiger partial charge in [-0.3, -0.25) is 0 Å². The van der Waals surface area contributed by atoms with Gasteiger partial charge in [0.1, 0.15) is 0 Å². The molecule has 0 atom stereocenters. The fourth-order valence-corrected chi connectivity index (χ4v) is 0.656. The molecule has 0 aromatic heterocycles. The first kappa shape index (κ1) is 11.7. The van der Waals surface area contributed by atoms with E-state index in [1.807, 2.05) is 0 Å². The smallest absolute Gasteiger partial charge is 0.353 e. The molecular formula is C7H13F3O2. The number of alkyl halides is 3. The predicted molar refractivity (Wildman–Crippen MR) is 37.7 cm³/mol. The molecule has 0 aromatic carbocycles. The van der Waals surface area contributed by atoms with Crippen LogP contribution >= 0.6 is 0 Å². The average molecular weight is 186 g/mol. The standard InChI is InChI=1S/C7H13F3O2/c1-6(11-2,12-3)4-5-7(8,9)10/h4-5H2,1-3H3. The molecule has 0 aliphatic rings. The van der Waals surface area contributed by atoms with Crippen molar-refractivity contribution in [3.63, 3.8) is 0 Å². The van der Waals surface area contributed by atoms with E-state index in [0.717, 1.165) is 0 Å². The SMILES string of the molecule is COC(C)(CCC(F)(F)F)OC. The molecule has 0 aliphatic heterocycles. The van der Waals surface area contributed by atoms with Crippen molar-refractivity contribution in [2.75, 3.05) is 14.2 Å². The fraction of sp³-hybridized carbons (Fsp3) is 1.00. The summed E-state index contributed by atoms with van der Waals surface area (Å²) in [6.45, 7) is 1.47. The summed E-state index contributed by atoms with van der Waals surface area (Å²) in [4.78, 5) is 0. The molecular weight excluding hydrogens is 173 g/mol. The van der Waals surface area contributed by atoms with Gasteiger partial charge in [0, 0.05) is 27.1 Å². The van der Waals surface area contributed by atoms with Crippen LogP contribution < -0.4 is 0 Å². The molecule has 0 rings (SSSR count). The molecule has 5 heteroatoms. The van der Waals surface area contributed by atoms with E-state index in [9.17, 15) is 13.2 Å². The lowest BCUT2D eigenvalue weighted by Crippen LogP contribution is -2.31. The number of halogens is 3. The number of ether oxygens (including phenoxy) is 2. The van der Waals surface area contributed by atoms with Gasteiger partial charge in [0.05, 0.1) is 0 Å². The third-order valence-corrected chi connectivity index (χ3v) is 1.73. The van der Waals surface area contributed by atoms with Crippen LogP contribution in [0.25, 0.3) is 0 Å². The molecule has 2 nitrogen and oxygen atoms in total. The summed E-state index contributed by atoms with van der Waals surface area (Å²) in [7, 11) is 2.64. The third kappa shape index (κ3) is 4.56. The largest absolute Gasteiger partial charge is 0.389 e. The van der Waals surface area contributed by atoms with Gasteiger partial charge in [-0.25, -0.2) is 0 Å². The second-order valence-corrected chi connectivity index (χ2v) is 2.66. The van der Waals surface area contributed by atoms with E-state index in [1.165, 1.54) is 21.1 Å². The Bertz CT molecular complexity index is 129. The van der Waals surface area contributed by atoms with E-state index in [4.69, 9.17) is 9.47 Å². The van der Waals surface area contributed by atoms with Crippen molar-refractivity contribution in [1.82, 2.24) is 0 Å². The van der Waals surface area contributed by atoms with E-state index in [2.05, 4.69) is 0 Å². The summed E-state index contributed by atoms with van der Waals surface area (Å²) in [6.07, 6.45) is -5.24. The molecule has 0 spiro atoms. The van der Waals surface area contributed by atoms with Gasteiger partial charge in [-0.05, 0) is 6.92 Å². The molecule has 0 saturated heterocycles. The van der Waals surface area contributed by atoms with Crippen molar-refractivity contribution in [2.24, 2.45) is 0 Å². The van der Waals surface area contributed by atoms with Crippen molar-refractivity contribution < 1.29 is 22.6 Å². The number of methoxy groups -OCH3 is 2. The lowest BCUT2D eigenvalue weighted by molar-refractivity contribution is -0.218. The Labute approximate surface area is 69.7 Å². The summed E-state index contributed by atoms with van der Waals surface area (Å²) < 4.78 is 44.8. The summed E-state index contributed by atoms with van der Waals surface area (Å²) in [5.74, 6) is -1.13. The van der Waals surface area contributed by atoms with Gasteiger partial charge in [-0.15, -0.1) is 0 Å². The number of hydrogen-bond donors (Lipinski definition) is 0. The van der Waals surface area contributed by atoms with E-state index in [-0.39, 0.29) is 6.42 Å². The molecule has 0 saturated carbocycles. The number of rotatable bonds is 4. The number of hydrogen-bond acceptors (Lipinski definition) is 2. The quantitative estimate of drug-likeness (QED) is 0.627. The Morgan fingerprint density at radius 2 is 1.42 bits per heavy atom. The fourth-order valence-electron chi connectivity index (χ4n) is 0.656. The Morgan fingerprint density at radius 1 is 1.00 bits per heavy atom. The van der Waals surface area contributed by atoms with Crippen LogP contribution in [-0.4, -0.2) is 26.2 Å². The van der Waals surface area contributed by atoms with Crippen molar-refractivity contribution >= 4 is 0 Å². The minimum absolute atomic E-state index is 0.191. The highest BCUT2D eigenvalue weighted by Gasteiger charge is 2.33. The first-order chi connectivity index (χ1) is 5.33. The first-order valence-corrected chi connectivity index (χ1v) is 3.50. The molecule has 0 heterocycles. The first-order valence-electron chi connectivity index (χ1n) is 3.50. The van der Waals surface area contributed by atoms with Crippen molar-refractivity contribution in [3.05, 3.63) is 0 Å². The average Bonchev–Trinajstić information content (AvgIpc) is 1.99. The van der Waals surface area contributed by atoms with E-state index >= 15 is 0 Å². The Morgan fingerprint density at radius 3 is 1.67 bits per heavy atom. The van der Waals surface area contributed by atoms with Gasteiger partial charge < -0.3 is 9.47 Å². The van der Waals surface area contributed by atoms with Gasteiger partial charge in [0.2, 0.25) is 0 Å². The zero-order valence-electron chi connectivity index (χ0n) is 7.36. The van der Waals surface area contributed by atoms with E-state index < -0.39 is 18.4 Å². The topological polar surface area (TPSA) is 18.5 Å². The molecule has 0 fully saturated rings. The second-order valence-electron chi connectivity index (χ2n) is 2.66. The summed E-state index contributed by atoms with van der Waals surface area (Å²) in [6, 6.07) is 0. The van der Waals surface area contributed by atoms with Crippen LogP contribution in [0.5, 0.6) is 0 Å². The maximum atomic E-state index is 11.7.